The van der Waals surface area contributed by atoms with Crippen molar-refractivity contribution in [3.8, 4) is 0 Å². The van der Waals surface area contributed by atoms with E-state index in [1.807, 2.05) is 19.1 Å². The fourth-order valence-electron chi connectivity index (χ4n) is 2.72. The van der Waals surface area contributed by atoms with Crippen LogP contribution in [-0.2, 0) is 19.1 Å². The van der Waals surface area contributed by atoms with E-state index in [0.717, 1.165) is 5.56 Å². The number of cyclic esters (lactones) is 1. The third-order valence-corrected chi connectivity index (χ3v) is 4.53. The van der Waals surface area contributed by atoms with Crippen molar-refractivity contribution in [2.45, 2.75) is 51.2 Å². The van der Waals surface area contributed by atoms with Crippen LogP contribution in [0.3, 0.4) is 0 Å². The van der Waals surface area contributed by atoms with Gasteiger partial charge in [0.15, 0.2) is 5.60 Å². The lowest BCUT2D eigenvalue weighted by Gasteiger charge is -2.36. The second kappa shape index (κ2) is 6.81. The Balaban J connectivity index is 2.54. The van der Waals surface area contributed by atoms with E-state index in [1.165, 1.54) is 6.08 Å². The summed E-state index contributed by atoms with van der Waals surface area (Å²) < 4.78 is 10.4. The van der Waals surface area contributed by atoms with E-state index in [1.54, 1.807) is 39.8 Å². The summed E-state index contributed by atoms with van der Waals surface area (Å²) in [5, 5.41) is 10.1. The summed E-state index contributed by atoms with van der Waals surface area (Å²) in [4.78, 5) is 25.1. The monoisotopic (exact) mass is 366 g/mol. The Morgan fingerprint density at radius 2 is 1.88 bits per heavy atom. The number of hydrogen-bond acceptors (Lipinski definition) is 5. The number of benzene rings is 1. The van der Waals surface area contributed by atoms with Crippen molar-refractivity contribution >= 4 is 23.5 Å². The average molecular weight is 367 g/mol. The summed E-state index contributed by atoms with van der Waals surface area (Å²) >= 11 is 6.55. The molecule has 0 amide bonds. The summed E-state index contributed by atoms with van der Waals surface area (Å²) in [6.07, 6.45) is 1.40. The number of carbonyl (C=O) groups excluding carboxylic acids is 2. The molecular weight excluding hydrogens is 344 g/mol. The zero-order valence-corrected chi connectivity index (χ0v) is 15.8. The van der Waals surface area contributed by atoms with E-state index >= 15 is 0 Å². The maximum Gasteiger partial charge on any atom is 0.341 e. The molecule has 3 atom stereocenters. The van der Waals surface area contributed by atoms with E-state index in [0.29, 0.717) is 11.3 Å². The van der Waals surface area contributed by atoms with Gasteiger partial charge in [-0.3, -0.25) is 4.79 Å². The predicted molar refractivity (Wildman–Crippen MR) is 93.9 cm³/mol. The fraction of sp³-hybridized carbons (Fsp3) is 0.474. The van der Waals surface area contributed by atoms with Gasteiger partial charge in [0.1, 0.15) is 17.3 Å². The Morgan fingerprint density at radius 3 is 2.36 bits per heavy atom. The molecule has 0 saturated carbocycles. The highest BCUT2D eigenvalue weighted by Gasteiger charge is 2.57. The molecule has 6 heteroatoms. The second-order valence-electron chi connectivity index (χ2n) is 7.22. The quantitative estimate of drug-likeness (QED) is 0.653. The number of allylic oxidation sites excluding steroid dienone is 1. The molecule has 0 radical (unpaired) electrons. The van der Waals surface area contributed by atoms with Gasteiger partial charge in [-0.15, -0.1) is 11.6 Å². The van der Waals surface area contributed by atoms with Crippen LogP contribution in [0.25, 0.3) is 0 Å². The molecule has 0 bridgehead atoms. The van der Waals surface area contributed by atoms with Crippen LogP contribution in [0.5, 0.6) is 0 Å². The molecule has 25 heavy (non-hydrogen) atoms. The highest BCUT2D eigenvalue weighted by atomic mass is 35.5. The summed E-state index contributed by atoms with van der Waals surface area (Å²) in [7, 11) is 0. The Kier molecular flexibility index (Phi) is 5.30. The van der Waals surface area contributed by atoms with Crippen molar-refractivity contribution in [1.29, 1.82) is 0 Å². The maximum atomic E-state index is 12.9. The van der Waals surface area contributed by atoms with Crippen molar-refractivity contribution in [2.75, 3.05) is 0 Å². The van der Waals surface area contributed by atoms with Crippen LogP contribution in [0, 0.1) is 12.8 Å². The lowest BCUT2D eigenvalue weighted by molar-refractivity contribution is -0.185. The minimum Gasteiger partial charge on any atom is -0.458 e. The van der Waals surface area contributed by atoms with Gasteiger partial charge >= 0.3 is 11.9 Å². The largest absolute Gasteiger partial charge is 0.458 e. The van der Waals surface area contributed by atoms with Crippen LogP contribution < -0.4 is 0 Å². The highest BCUT2D eigenvalue weighted by Crippen LogP contribution is 2.43. The van der Waals surface area contributed by atoms with Crippen LogP contribution in [0.4, 0.5) is 0 Å². The molecule has 2 rings (SSSR count). The number of hydrogen-bond donors (Lipinski definition) is 1. The molecule has 1 aromatic carbocycles. The molecule has 1 heterocycles. The zero-order valence-electron chi connectivity index (χ0n) is 15.0. The van der Waals surface area contributed by atoms with E-state index < -0.39 is 34.4 Å². The third-order valence-electron chi connectivity index (χ3n) is 3.96. The molecule has 5 nitrogen and oxygen atoms in total. The summed E-state index contributed by atoms with van der Waals surface area (Å²) in [6.45, 7) is 8.42. The Bertz CT molecular complexity index is 719. The van der Waals surface area contributed by atoms with Gasteiger partial charge in [-0.2, -0.15) is 0 Å². The van der Waals surface area contributed by atoms with Crippen LogP contribution in [0.15, 0.2) is 36.1 Å². The first-order chi connectivity index (χ1) is 11.5. The average Bonchev–Trinajstić information content (AvgIpc) is 2.83. The van der Waals surface area contributed by atoms with Crippen LogP contribution in [-0.4, -0.2) is 28.2 Å². The first kappa shape index (κ1) is 19.5. The maximum absolute atomic E-state index is 12.9. The minimum absolute atomic E-state index is 0.311. The van der Waals surface area contributed by atoms with E-state index in [2.05, 4.69) is 0 Å². The minimum atomic E-state index is -2.30. The SMILES string of the molecule is CC1=C[C@@H]([C@@](O)(C(=O)OC(C)(C)C)[C@H](Cl)c2ccccc2C)C(=O)O1. The van der Waals surface area contributed by atoms with E-state index in [-0.39, 0.29) is 0 Å². The summed E-state index contributed by atoms with van der Waals surface area (Å²) in [5.74, 6) is -2.63. The molecule has 0 aliphatic carbocycles. The lowest BCUT2D eigenvalue weighted by atomic mass is 9.80. The molecule has 0 saturated heterocycles. The molecule has 0 unspecified atom stereocenters. The van der Waals surface area contributed by atoms with Gasteiger partial charge in [0.05, 0.1) is 5.38 Å². The molecule has 1 aromatic rings. The number of ether oxygens (including phenoxy) is 2. The summed E-state index contributed by atoms with van der Waals surface area (Å²) in [6, 6.07) is 7.09. The van der Waals surface area contributed by atoms with E-state index in [9.17, 15) is 14.7 Å². The molecular formula is C19H23ClO5. The van der Waals surface area contributed by atoms with Crippen molar-refractivity contribution in [3.63, 3.8) is 0 Å². The number of alkyl halides is 1. The molecule has 136 valence electrons. The molecule has 1 N–H and O–H groups in total. The first-order valence-electron chi connectivity index (χ1n) is 8.02. The highest BCUT2D eigenvalue weighted by molar-refractivity contribution is 6.24. The lowest BCUT2D eigenvalue weighted by Crippen LogP contribution is -2.53. The molecule has 0 spiro atoms. The predicted octanol–water partition coefficient (Wildman–Crippen LogP) is 3.42. The van der Waals surface area contributed by atoms with Crippen LogP contribution in [0.1, 0.15) is 44.2 Å². The first-order valence-corrected chi connectivity index (χ1v) is 8.46. The van der Waals surface area contributed by atoms with Crippen molar-refractivity contribution in [1.82, 2.24) is 0 Å². The van der Waals surface area contributed by atoms with Crippen LogP contribution >= 0.6 is 11.6 Å². The molecule has 0 fully saturated rings. The van der Waals surface area contributed by atoms with Crippen LogP contribution in [0.2, 0.25) is 0 Å². The number of esters is 2. The number of aliphatic hydroxyl groups is 1. The second-order valence-corrected chi connectivity index (χ2v) is 7.66. The van der Waals surface area contributed by atoms with E-state index in [4.69, 9.17) is 21.1 Å². The van der Waals surface area contributed by atoms with Gasteiger partial charge < -0.3 is 14.6 Å². The Labute approximate surface area is 152 Å². The van der Waals surface area contributed by atoms with Gasteiger partial charge in [0.25, 0.3) is 0 Å². The van der Waals surface area contributed by atoms with Gasteiger partial charge in [-0.25, -0.2) is 4.79 Å². The Morgan fingerprint density at radius 1 is 1.28 bits per heavy atom. The fourth-order valence-corrected chi connectivity index (χ4v) is 3.19. The summed E-state index contributed by atoms with van der Waals surface area (Å²) in [5.41, 5.74) is -1.82. The number of halogens is 1. The molecule has 1 aliphatic rings. The van der Waals surface area contributed by atoms with Crippen molar-refractivity contribution < 1.29 is 24.2 Å². The van der Waals surface area contributed by atoms with Gasteiger partial charge in [-0.05, 0) is 51.8 Å². The number of rotatable bonds is 4. The smallest absolute Gasteiger partial charge is 0.341 e. The van der Waals surface area contributed by atoms with Gasteiger partial charge in [-0.1, -0.05) is 24.3 Å². The third kappa shape index (κ3) is 3.88. The number of carbonyl (C=O) groups is 2. The zero-order chi connectivity index (χ0) is 19.0. The Hall–Kier alpha value is -1.85. The van der Waals surface area contributed by atoms with Crippen molar-refractivity contribution in [2.24, 2.45) is 5.92 Å². The van der Waals surface area contributed by atoms with Gasteiger partial charge in [0.2, 0.25) is 0 Å². The topological polar surface area (TPSA) is 72.8 Å². The van der Waals surface area contributed by atoms with Gasteiger partial charge in [0, 0.05) is 0 Å². The number of aryl methyl sites for hydroxylation is 1. The molecule has 1 aliphatic heterocycles. The normalized spacial score (nSPS) is 21.2. The molecule has 0 aromatic heterocycles. The van der Waals surface area contributed by atoms with Crippen molar-refractivity contribution in [3.05, 3.63) is 47.2 Å². The standard InChI is InChI=1S/C19H23ClO5/c1-11-8-6-7-9-13(11)15(20)19(23,17(22)25-18(3,4)5)14-10-12(2)24-16(14)21/h6-10,14-15,23H,1-5H3/t14-,15-,19+/m1/s1.